The number of ether oxygens (including phenoxy) is 1. The fourth-order valence-electron chi connectivity index (χ4n) is 4.26. The van der Waals surface area contributed by atoms with Crippen LogP contribution >= 0.6 is 0 Å². The van der Waals surface area contributed by atoms with E-state index in [1.807, 2.05) is 25.6 Å². The van der Waals surface area contributed by atoms with Crippen molar-refractivity contribution in [1.82, 2.24) is 19.7 Å². The Morgan fingerprint density at radius 1 is 1.19 bits per heavy atom. The molecule has 4 heterocycles. The highest BCUT2D eigenvalue weighted by Gasteiger charge is 2.27. The van der Waals surface area contributed by atoms with Gasteiger partial charge in [-0.2, -0.15) is 5.10 Å². The minimum Gasteiger partial charge on any atom is -0.493 e. The van der Waals surface area contributed by atoms with Gasteiger partial charge >= 0.3 is 0 Å². The molecule has 2 aliphatic rings. The van der Waals surface area contributed by atoms with Crippen molar-refractivity contribution in [2.45, 2.75) is 31.8 Å². The van der Waals surface area contributed by atoms with Crippen molar-refractivity contribution in [3.63, 3.8) is 0 Å². The molecule has 5 heteroatoms. The molecule has 0 N–H and O–H groups in total. The van der Waals surface area contributed by atoms with Gasteiger partial charge in [-0.3, -0.25) is 14.6 Å². The molecular weight excluding hydrogens is 336 g/mol. The zero-order valence-corrected chi connectivity index (χ0v) is 15.6. The van der Waals surface area contributed by atoms with E-state index in [1.165, 1.54) is 29.5 Å². The van der Waals surface area contributed by atoms with Gasteiger partial charge in [0.1, 0.15) is 5.75 Å². The summed E-state index contributed by atoms with van der Waals surface area (Å²) < 4.78 is 7.58. The van der Waals surface area contributed by atoms with Crippen LogP contribution in [0.5, 0.6) is 5.75 Å². The zero-order valence-electron chi connectivity index (χ0n) is 15.6. The molecule has 138 valence electrons. The highest BCUT2D eigenvalue weighted by molar-refractivity contribution is 5.56. The molecule has 5 rings (SSSR count). The van der Waals surface area contributed by atoms with E-state index in [-0.39, 0.29) is 0 Å². The first-order valence-electron chi connectivity index (χ1n) is 9.70. The van der Waals surface area contributed by atoms with Gasteiger partial charge in [-0.1, -0.05) is 18.2 Å². The molecule has 2 aromatic heterocycles. The highest BCUT2D eigenvalue weighted by Crippen LogP contribution is 2.36. The lowest BCUT2D eigenvalue weighted by Gasteiger charge is -2.25. The van der Waals surface area contributed by atoms with Crippen LogP contribution in [0.2, 0.25) is 0 Å². The molecule has 1 atom stereocenters. The first-order valence-corrected chi connectivity index (χ1v) is 9.70. The number of likely N-dealkylation sites (tertiary alicyclic amines) is 1. The van der Waals surface area contributed by atoms with Gasteiger partial charge in [0.05, 0.1) is 18.5 Å². The van der Waals surface area contributed by atoms with Crippen molar-refractivity contribution in [3.8, 4) is 17.0 Å². The van der Waals surface area contributed by atoms with Gasteiger partial charge < -0.3 is 4.74 Å². The average molecular weight is 360 g/mol. The summed E-state index contributed by atoms with van der Waals surface area (Å²) in [5.41, 5.74) is 6.01. The fourth-order valence-corrected chi connectivity index (χ4v) is 4.26. The minimum absolute atomic E-state index is 0.470. The van der Waals surface area contributed by atoms with Crippen LogP contribution in [-0.2, 0) is 20.0 Å². The third-order valence-electron chi connectivity index (χ3n) is 5.68. The van der Waals surface area contributed by atoms with E-state index < -0.39 is 0 Å². The molecule has 1 aromatic carbocycles. The molecule has 0 amide bonds. The van der Waals surface area contributed by atoms with Gasteiger partial charge in [-0.05, 0) is 48.2 Å². The normalized spacial score (nSPS) is 19.2. The van der Waals surface area contributed by atoms with Crippen molar-refractivity contribution in [1.29, 1.82) is 0 Å². The van der Waals surface area contributed by atoms with Crippen molar-refractivity contribution >= 4 is 0 Å². The Hall–Kier alpha value is -2.66. The maximum Gasteiger partial charge on any atom is 0.122 e. The summed E-state index contributed by atoms with van der Waals surface area (Å²) in [6.07, 6.45) is 9.34. The third kappa shape index (κ3) is 3.23. The largest absolute Gasteiger partial charge is 0.493 e. The maximum atomic E-state index is 5.77. The second-order valence-electron chi connectivity index (χ2n) is 7.55. The summed E-state index contributed by atoms with van der Waals surface area (Å²) in [6, 6.07) is 11.6. The lowest BCUT2D eigenvalue weighted by atomic mass is 10.0. The van der Waals surface area contributed by atoms with Crippen molar-refractivity contribution in [2.75, 3.05) is 13.2 Å². The van der Waals surface area contributed by atoms with Gasteiger partial charge in [0, 0.05) is 44.0 Å². The number of benzene rings is 1. The zero-order chi connectivity index (χ0) is 18.2. The number of pyridine rings is 1. The molecule has 0 radical (unpaired) electrons. The number of hydrogen-bond donors (Lipinski definition) is 0. The summed E-state index contributed by atoms with van der Waals surface area (Å²) in [5, 5.41) is 4.23. The molecule has 0 unspecified atom stereocenters. The maximum absolute atomic E-state index is 5.77. The summed E-state index contributed by atoms with van der Waals surface area (Å²) in [7, 11) is 1.93. The van der Waals surface area contributed by atoms with Gasteiger partial charge in [0.2, 0.25) is 0 Å². The van der Waals surface area contributed by atoms with Crippen molar-refractivity contribution < 1.29 is 4.74 Å². The van der Waals surface area contributed by atoms with Crippen LogP contribution in [0.1, 0.15) is 35.6 Å². The van der Waals surface area contributed by atoms with E-state index in [2.05, 4.69) is 45.3 Å². The Kier molecular flexibility index (Phi) is 4.17. The van der Waals surface area contributed by atoms with Crippen molar-refractivity contribution in [3.05, 3.63) is 65.6 Å². The topological polar surface area (TPSA) is 43.2 Å². The molecule has 0 saturated carbocycles. The molecule has 5 nitrogen and oxygen atoms in total. The standard InChI is InChI=1S/C22H24N4O/c1-25-15-19(13-24-25)20-7-4-16(12-23-20)14-26-9-2-3-21(26)18-6-5-17-8-10-27-22(17)11-18/h4-7,11-13,15,21H,2-3,8-10,14H2,1H3/t21-/m0/s1. The first kappa shape index (κ1) is 16.5. The molecule has 0 spiro atoms. The average Bonchev–Trinajstić information content (AvgIpc) is 3.42. The van der Waals surface area contributed by atoms with E-state index in [4.69, 9.17) is 4.74 Å². The minimum atomic E-state index is 0.470. The van der Waals surface area contributed by atoms with Gasteiger partial charge in [-0.15, -0.1) is 0 Å². The SMILES string of the molecule is Cn1cc(-c2ccc(CN3CCC[C@H]3c3ccc4c(c3)OCC4)cn2)cn1. The van der Waals surface area contributed by atoms with Crippen LogP contribution in [0.15, 0.2) is 48.9 Å². The van der Waals surface area contributed by atoms with E-state index in [0.717, 1.165) is 43.1 Å². The van der Waals surface area contributed by atoms with Gasteiger partial charge in [0.15, 0.2) is 0 Å². The Labute approximate surface area is 159 Å². The van der Waals surface area contributed by atoms with Crippen molar-refractivity contribution in [2.24, 2.45) is 7.05 Å². The van der Waals surface area contributed by atoms with Crippen LogP contribution in [0.4, 0.5) is 0 Å². The van der Waals surface area contributed by atoms with E-state index in [0.29, 0.717) is 6.04 Å². The monoisotopic (exact) mass is 360 g/mol. The lowest BCUT2D eigenvalue weighted by Crippen LogP contribution is -2.22. The van der Waals surface area contributed by atoms with Crippen LogP contribution in [0.25, 0.3) is 11.3 Å². The number of nitrogens with zero attached hydrogens (tertiary/aromatic N) is 4. The van der Waals surface area contributed by atoms with E-state index in [1.54, 1.807) is 4.68 Å². The second-order valence-corrected chi connectivity index (χ2v) is 7.55. The molecule has 0 bridgehead atoms. The molecule has 0 aliphatic carbocycles. The van der Waals surface area contributed by atoms with Gasteiger partial charge in [-0.25, -0.2) is 0 Å². The predicted octanol–water partition coefficient (Wildman–Crippen LogP) is 3.75. The van der Waals surface area contributed by atoms with Crippen LogP contribution in [-0.4, -0.2) is 32.8 Å². The van der Waals surface area contributed by atoms with E-state index >= 15 is 0 Å². The van der Waals surface area contributed by atoms with Gasteiger partial charge in [0.25, 0.3) is 0 Å². The first-order chi connectivity index (χ1) is 13.3. The van der Waals surface area contributed by atoms with E-state index in [9.17, 15) is 0 Å². The second kappa shape index (κ2) is 6.82. The summed E-state index contributed by atoms with van der Waals surface area (Å²) in [5.74, 6) is 1.09. The Bertz CT molecular complexity index is 947. The Morgan fingerprint density at radius 2 is 2.15 bits per heavy atom. The van der Waals surface area contributed by atoms with Crippen LogP contribution in [0, 0.1) is 0 Å². The van der Waals surface area contributed by atoms with Crippen LogP contribution in [0.3, 0.4) is 0 Å². The number of rotatable bonds is 4. The summed E-state index contributed by atoms with van der Waals surface area (Å²) >= 11 is 0. The molecule has 1 saturated heterocycles. The Morgan fingerprint density at radius 3 is 2.96 bits per heavy atom. The predicted molar refractivity (Wildman–Crippen MR) is 104 cm³/mol. The molecular formula is C22H24N4O. The smallest absolute Gasteiger partial charge is 0.122 e. The molecule has 1 fully saturated rings. The fraction of sp³-hybridized carbons (Fsp3) is 0.364. The molecule has 2 aliphatic heterocycles. The third-order valence-corrected chi connectivity index (χ3v) is 5.68. The number of fused-ring (bicyclic) bond motifs is 1. The number of aromatic nitrogens is 3. The summed E-state index contributed by atoms with van der Waals surface area (Å²) in [4.78, 5) is 7.22. The molecule has 3 aromatic rings. The number of hydrogen-bond acceptors (Lipinski definition) is 4. The summed E-state index contributed by atoms with van der Waals surface area (Å²) in [6.45, 7) is 2.89. The quantitative estimate of drug-likeness (QED) is 0.711. The molecule has 27 heavy (non-hydrogen) atoms. The number of aryl methyl sites for hydroxylation is 1. The van der Waals surface area contributed by atoms with Crippen LogP contribution < -0.4 is 4.74 Å². The Balaban J connectivity index is 1.32. The lowest BCUT2D eigenvalue weighted by molar-refractivity contribution is 0.247. The highest BCUT2D eigenvalue weighted by atomic mass is 16.5.